The fourth-order valence-corrected chi connectivity index (χ4v) is 3.54. The van der Waals surface area contributed by atoms with Crippen molar-refractivity contribution < 1.29 is 13.2 Å². The van der Waals surface area contributed by atoms with E-state index in [4.69, 9.17) is 4.42 Å². The smallest absolute Gasteiger partial charge is 0.321 e. The molecule has 0 atom stereocenters. The van der Waals surface area contributed by atoms with Gasteiger partial charge in [0, 0.05) is 11.3 Å². The van der Waals surface area contributed by atoms with Crippen molar-refractivity contribution in [3.8, 4) is 11.5 Å². The van der Waals surface area contributed by atoms with E-state index in [2.05, 4.69) is 9.97 Å². The van der Waals surface area contributed by atoms with Gasteiger partial charge < -0.3 is 4.42 Å². The van der Waals surface area contributed by atoms with E-state index in [0.717, 1.165) is 15.7 Å². The second-order valence-electron chi connectivity index (χ2n) is 5.83. The van der Waals surface area contributed by atoms with Crippen molar-refractivity contribution in [3.05, 3.63) is 66.1 Å². The number of thioether (sulfide) groups is 1. The summed E-state index contributed by atoms with van der Waals surface area (Å²) >= 11 is 1.21. The van der Waals surface area contributed by atoms with Gasteiger partial charge in [-0.3, -0.25) is 4.57 Å². The highest BCUT2D eigenvalue weighted by Gasteiger charge is 2.18. The zero-order valence-electron chi connectivity index (χ0n) is 13.9. The summed E-state index contributed by atoms with van der Waals surface area (Å²) in [7, 11) is 0. The minimum atomic E-state index is -2.65. The van der Waals surface area contributed by atoms with Crippen molar-refractivity contribution in [2.75, 3.05) is 0 Å². The lowest BCUT2D eigenvalue weighted by molar-refractivity contribution is 0.0656. The SMILES string of the molecule is Cc1ccc(-c2nc(CSc3nc4ccccc4n3C(F)F)co2)cc1. The Hall–Kier alpha value is -2.67. The van der Waals surface area contributed by atoms with E-state index in [1.807, 2.05) is 31.2 Å². The van der Waals surface area contributed by atoms with Crippen molar-refractivity contribution in [2.45, 2.75) is 24.4 Å². The number of oxazole rings is 1. The molecule has 0 N–H and O–H groups in total. The predicted molar refractivity (Wildman–Crippen MR) is 97.2 cm³/mol. The molecule has 0 aliphatic rings. The van der Waals surface area contributed by atoms with Crippen molar-refractivity contribution >= 4 is 22.8 Å². The molecule has 2 aromatic carbocycles. The monoisotopic (exact) mass is 371 g/mol. The highest BCUT2D eigenvalue weighted by molar-refractivity contribution is 7.98. The van der Waals surface area contributed by atoms with Crippen LogP contribution in [0.2, 0.25) is 0 Å². The maximum Gasteiger partial charge on any atom is 0.321 e. The van der Waals surface area contributed by atoms with Crippen molar-refractivity contribution in [1.82, 2.24) is 14.5 Å². The van der Waals surface area contributed by atoms with Gasteiger partial charge in [-0.2, -0.15) is 8.78 Å². The molecule has 2 heterocycles. The second-order valence-corrected chi connectivity index (χ2v) is 6.77. The van der Waals surface area contributed by atoms with Crippen molar-refractivity contribution in [2.24, 2.45) is 0 Å². The lowest BCUT2D eigenvalue weighted by Gasteiger charge is -2.06. The number of halogens is 2. The molecule has 26 heavy (non-hydrogen) atoms. The number of hydrogen-bond acceptors (Lipinski definition) is 4. The van der Waals surface area contributed by atoms with Gasteiger partial charge in [0.2, 0.25) is 5.89 Å². The van der Waals surface area contributed by atoms with Crippen LogP contribution in [0.15, 0.2) is 64.4 Å². The van der Waals surface area contributed by atoms with Crippen LogP contribution in [0.1, 0.15) is 17.8 Å². The summed E-state index contributed by atoms with van der Waals surface area (Å²) in [6.07, 6.45) is 1.55. The first kappa shape index (κ1) is 16.8. The van der Waals surface area contributed by atoms with Gasteiger partial charge in [-0.1, -0.05) is 41.6 Å². The van der Waals surface area contributed by atoms with Crippen LogP contribution in [0.3, 0.4) is 0 Å². The molecule has 0 radical (unpaired) electrons. The summed E-state index contributed by atoms with van der Waals surface area (Å²) in [5.74, 6) is 0.911. The summed E-state index contributed by atoms with van der Waals surface area (Å²) < 4.78 is 33.4. The van der Waals surface area contributed by atoms with Gasteiger partial charge >= 0.3 is 6.55 Å². The quantitative estimate of drug-likeness (QED) is 0.423. The normalized spacial score (nSPS) is 11.5. The van der Waals surface area contributed by atoms with Gasteiger partial charge in [0.15, 0.2) is 5.16 Å². The van der Waals surface area contributed by atoms with Crippen LogP contribution >= 0.6 is 11.8 Å². The van der Waals surface area contributed by atoms with Crippen LogP contribution in [0.5, 0.6) is 0 Å². The van der Waals surface area contributed by atoms with Gasteiger partial charge in [0.1, 0.15) is 6.26 Å². The Morgan fingerprint density at radius 3 is 2.62 bits per heavy atom. The molecule has 0 bridgehead atoms. The Labute approximate surface area is 152 Å². The molecule has 4 aromatic rings. The number of hydrogen-bond donors (Lipinski definition) is 0. The van der Waals surface area contributed by atoms with E-state index < -0.39 is 6.55 Å². The van der Waals surface area contributed by atoms with Gasteiger partial charge in [-0.15, -0.1) is 0 Å². The molecule has 0 saturated carbocycles. The van der Waals surface area contributed by atoms with Crippen LogP contribution in [-0.2, 0) is 5.75 Å². The largest absolute Gasteiger partial charge is 0.444 e. The summed E-state index contributed by atoms with van der Waals surface area (Å²) in [4.78, 5) is 8.75. The van der Waals surface area contributed by atoms with Crippen LogP contribution in [0.4, 0.5) is 8.78 Å². The molecule has 0 aliphatic carbocycles. The van der Waals surface area contributed by atoms with Gasteiger partial charge in [-0.25, -0.2) is 9.97 Å². The standard InChI is InChI=1S/C19H15F2N3OS/c1-12-6-8-13(9-7-12)17-22-14(10-25-17)11-26-19-23-15-4-2-3-5-16(15)24(19)18(20)21/h2-10,18H,11H2,1H3. The number of benzene rings is 2. The highest BCUT2D eigenvalue weighted by Crippen LogP contribution is 2.31. The first-order chi connectivity index (χ1) is 12.6. The number of imidazole rings is 1. The molecule has 132 valence electrons. The van der Waals surface area contributed by atoms with E-state index in [-0.39, 0.29) is 5.16 Å². The van der Waals surface area contributed by atoms with Crippen molar-refractivity contribution in [1.29, 1.82) is 0 Å². The Bertz CT molecular complexity index is 1040. The van der Waals surface area contributed by atoms with Crippen LogP contribution in [-0.4, -0.2) is 14.5 Å². The minimum absolute atomic E-state index is 0.265. The summed E-state index contributed by atoms with van der Waals surface area (Å²) in [6, 6.07) is 14.7. The van der Waals surface area contributed by atoms with Gasteiger partial charge in [-0.05, 0) is 31.2 Å². The summed E-state index contributed by atoms with van der Waals surface area (Å²) in [5.41, 5.74) is 3.69. The summed E-state index contributed by atoms with van der Waals surface area (Å²) in [5, 5.41) is 0.265. The Balaban J connectivity index is 1.55. The Morgan fingerprint density at radius 1 is 1.08 bits per heavy atom. The molecular formula is C19H15F2N3OS. The van der Waals surface area contributed by atoms with E-state index in [0.29, 0.717) is 28.4 Å². The highest BCUT2D eigenvalue weighted by atomic mass is 32.2. The average Bonchev–Trinajstić information content (AvgIpc) is 3.24. The average molecular weight is 371 g/mol. The van der Waals surface area contributed by atoms with Crippen LogP contribution in [0, 0.1) is 6.92 Å². The number of rotatable bonds is 5. The molecule has 0 spiro atoms. The first-order valence-corrected chi connectivity index (χ1v) is 9.00. The maximum absolute atomic E-state index is 13.5. The molecule has 4 rings (SSSR count). The fraction of sp³-hybridized carbons (Fsp3) is 0.158. The third kappa shape index (κ3) is 3.22. The Morgan fingerprint density at radius 2 is 1.85 bits per heavy atom. The molecule has 0 fully saturated rings. The zero-order chi connectivity index (χ0) is 18.1. The lowest BCUT2D eigenvalue weighted by Crippen LogP contribution is -2.00. The molecule has 0 unspecified atom stereocenters. The second kappa shape index (κ2) is 6.92. The zero-order valence-corrected chi connectivity index (χ0v) is 14.7. The third-order valence-electron chi connectivity index (χ3n) is 3.96. The number of alkyl halides is 2. The van der Waals surface area contributed by atoms with Crippen LogP contribution in [0.25, 0.3) is 22.5 Å². The maximum atomic E-state index is 13.5. The van der Waals surface area contributed by atoms with E-state index in [1.54, 1.807) is 30.5 Å². The predicted octanol–water partition coefficient (Wildman–Crippen LogP) is 5.69. The number of fused-ring (bicyclic) bond motifs is 1. The summed E-state index contributed by atoms with van der Waals surface area (Å²) in [6.45, 7) is -0.637. The number of aromatic nitrogens is 3. The molecule has 4 nitrogen and oxygen atoms in total. The van der Waals surface area contributed by atoms with E-state index in [9.17, 15) is 8.78 Å². The minimum Gasteiger partial charge on any atom is -0.444 e. The van der Waals surface area contributed by atoms with Crippen molar-refractivity contribution in [3.63, 3.8) is 0 Å². The molecule has 0 saturated heterocycles. The molecular weight excluding hydrogens is 356 g/mol. The number of aryl methyl sites for hydroxylation is 1. The topological polar surface area (TPSA) is 43.9 Å². The lowest BCUT2D eigenvalue weighted by atomic mass is 10.1. The van der Waals surface area contributed by atoms with E-state index >= 15 is 0 Å². The van der Waals surface area contributed by atoms with Crippen LogP contribution < -0.4 is 0 Å². The molecule has 7 heteroatoms. The first-order valence-electron chi connectivity index (χ1n) is 8.01. The molecule has 0 amide bonds. The molecule has 0 aliphatic heterocycles. The third-order valence-corrected chi connectivity index (χ3v) is 4.94. The van der Waals surface area contributed by atoms with E-state index in [1.165, 1.54) is 11.8 Å². The van der Waals surface area contributed by atoms with Gasteiger partial charge in [0.25, 0.3) is 0 Å². The number of nitrogens with zero attached hydrogens (tertiary/aromatic N) is 3. The number of para-hydroxylation sites is 2. The molecule has 2 aromatic heterocycles. The Kier molecular flexibility index (Phi) is 4.46. The fourth-order valence-electron chi connectivity index (χ4n) is 2.65. The van der Waals surface area contributed by atoms with Gasteiger partial charge in [0.05, 0.1) is 16.7 Å².